The lowest BCUT2D eigenvalue weighted by Crippen LogP contribution is -2.45. The number of nitrogens with one attached hydrogen (secondary N) is 1. The normalized spacial score (nSPS) is 11.5. The number of hydrogen-bond acceptors (Lipinski definition) is 3. The molecule has 0 aromatic heterocycles. The molecule has 1 atom stereocenters. The highest BCUT2D eigenvalue weighted by atomic mass is 35.5. The minimum Gasteiger partial charge on any atom is -0.482 e. The van der Waals surface area contributed by atoms with Crippen molar-refractivity contribution in [1.82, 2.24) is 10.2 Å². The molecule has 0 radical (unpaired) electrons. The first-order valence-corrected chi connectivity index (χ1v) is 13.5. The van der Waals surface area contributed by atoms with Crippen molar-refractivity contribution in [1.29, 1.82) is 0 Å². The van der Waals surface area contributed by atoms with Crippen LogP contribution in [0.15, 0.2) is 97.1 Å². The van der Waals surface area contributed by atoms with Crippen LogP contribution in [-0.2, 0) is 22.7 Å². The Hall–Kier alpha value is -3.22. The average molecular weight is 602 g/mol. The van der Waals surface area contributed by atoms with E-state index >= 15 is 0 Å². The second kappa shape index (κ2) is 13.7. The minimum absolute atomic E-state index is 0.135. The number of para-hydroxylation sites is 1. The fraction of sp³-hybridized carbons (Fsp3) is 0.133. The second-order valence-electron chi connectivity index (χ2n) is 8.63. The van der Waals surface area contributed by atoms with Crippen molar-refractivity contribution in [2.24, 2.45) is 0 Å². The summed E-state index contributed by atoms with van der Waals surface area (Å²) in [5.74, 6) is -0.414. The number of hydrogen-bond donors (Lipinski definition) is 1. The zero-order valence-corrected chi connectivity index (χ0v) is 23.6. The molecule has 1 N–H and O–H groups in total. The summed E-state index contributed by atoms with van der Waals surface area (Å²) in [6, 6.07) is 27.2. The Morgan fingerprint density at radius 1 is 0.769 bits per heavy atom. The number of nitrogens with zero attached hydrogens (tertiary/aromatic N) is 1. The predicted octanol–water partition coefficient (Wildman–Crippen LogP) is 7.77. The van der Waals surface area contributed by atoms with Gasteiger partial charge in [-0.1, -0.05) is 107 Å². The Labute approximate surface area is 247 Å². The Morgan fingerprint density at radius 2 is 1.44 bits per heavy atom. The Kier molecular flexibility index (Phi) is 10.1. The molecular formula is C30H24Cl4N2O3. The van der Waals surface area contributed by atoms with Crippen LogP contribution in [0.1, 0.15) is 22.7 Å². The van der Waals surface area contributed by atoms with E-state index in [1.54, 1.807) is 66.7 Å². The van der Waals surface area contributed by atoms with Crippen molar-refractivity contribution in [2.45, 2.75) is 19.1 Å². The predicted molar refractivity (Wildman–Crippen MR) is 156 cm³/mol. The molecule has 0 fully saturated rings. The lowest BCUT2D eigenvalue weighted by Gasteiger charge is -2.31. The van der Waals surface area contributed by atoms with Gasteiger partial charge >= 0.3 is 0 Å². The highest BCUT2D eigenvalue weighted by Crippen LogP contribution is 2.27. The molecule has 4 rings (SSSR count). The molecule has 39 heavy (non-hydrogen) atoms. The number of halogens is 4. The summed E-state index contributed by atoms with van der Waals surface area (Å²) in [6.07, 6.45) is 0. The van der Waals surface area contributed by atoms with E-state index in [-0.39, 0.29) is 25.6 Å². The van der Waals surface area contributed by atoms with Gasteiger partial charge in [0.15, 0.2) is 6.61 Å². The summed E-state index contributed by atoms with van der Waals surface area (Å²) in [7, 11) is 0. The summed E-state index contributed by atoms with van der Waals surface area (Å²) in [4.78, 5) is 28.9. The van der Waals surface area contributed by atoms with Crippen LogP contribution in [-0.4, -0.2) is 23.3 Å². The largest absolute Gasteiger partial charge is 0.482 e. The van der Waals surface area contributed by atoms with Gasteiger partial charge in [0.1, 0.15) is 11.8 Å². The van der Waals surface area contributed by atoms with E-state index in [4.69, 9.17) is 51.1 Å². The quantitative estimate of drug-likeness (QED) is 0.202. The monoisotopic (exact) mass is 600 g/mol. The number of rotatable bonds is 10. The molecule has 5 nitrogen and oxygen atoms in total. The lowest BCUT2D eigenvalue weighted by molar-refractivity contribution is -0.143. The van der Waals surface area contributed by atoms with Crippen molar-refractivity contribution in [3.8, 4) is 5.75 Å². The molecule has 0 spiro atoms. The van der Waals surface area contributed by atoms with Gasteiger partial charge in [-0.05, 0) is 53.1 Å². The number of carbonyl (C=O) groups is 2. The van der Waals surface area contributed by atoms with Gasteiger partial charge in [-0.2, -0.15) is 0 Å². The average Bonchev–Trinajstić information content (AvgIpc) is 2.93. The van der Waals surface area contributed by atoms with Crippen molar-refractivity contribution in [2.75, 3.05) is 6.61 Å². The van der Waals surface area contributed by atoms with E-state index < -0.39 is 11.9 Å². The second-order valence-corrected chi connectivity index (χ2v) is 10.3. The van der Waals surface area contributed by atoms with E-state index in [9.17, 15) is 9.59 Å². The molecule has 0 aliphatic carbocycles. The minimum atomic E-state index is -0.963. The molecule has 0 unspecified atom stereocenters. The van der Waals surface area contributed by atoms with Crippen LogP contribution < -0.4 is 10.1 Å². The molecule has 200 valence electrons. The van der Waals surface area contributed by atoms with Crippen molar-refractivity contribution < 1.29 is 14.3 Å². The zero-order valence-electron chi connectivity index (χ0n) is 20.6. The van der Waals surface area contributed by atoms with Gasteiger partial charge in [0, 0.05) is 28.2 Å². The van der Waals surface area contributed by atoms with Gasteiger partial charge in [-0.3, -0.25) is 9.59 Å². The molecule has 0 saturated carbocycles. The fourth-order valence-corrected chi connectivity index (χ4v) is 4.74. The van der Waals surface area contributed by atoms with Crippen molar-refractivity contribution in [3.63, 3.8) is 0 Å². The van der Waals surface area contributed by atoms with E-state index in [1.807, 2.05) is 30.3 Å². The lowest BCUT2D eigenvalue weighted by atomic mass is 10.0. The third-order valence-electron chi connectivity index (χ3n) is 5.92. The highest BCUT2D eigenvalue weighted by molar-refractivity contribution is 6.35. The molecule has 4 aromatic rings. The van der Waals surface area contributed by atoms with Gasteiger partial charge in [-0.15, -0.1) is 0 Å². The summed E-state index contributed by atoms with van der Waals surface area (Å²) >= 11 is 24.6. The Morgan fingerprint density at radius 3 is 2.13 bits per heavy atom. The number of carbonyl (C=O) groups excluding carboxylic acids is 2. The summed E-state index contributed by atoms with van der Waals surface area (Å²) in [6.45, 7) is -0.0369. The first kappa shape index (κ1) is 28.8. The van der Waals surface area contributed by atoms with Gasteiger partial charge in [-0.25, -0.2) is 0 Å². The molecule has 0 aliphatic heterocycles. The zero-order chi connectivity index (χ0) is 27.8. The topological polar surface area (TPSA) is 58.6 Å². The van der Waals surface area contributed by atoms with E-state index in [0.717, 1.165) is 5.56 Å². The van der Waals surface area contributed by atoms with Crippen molar-refractivity contribution >= 4 is 58.2 Å². The molecule has 4 aromatic carbocycles. The van der Waals surface area contributed by atoms with Gasteiger partial charge in [0.2, 0.25) is 5.91 Å². The van der Waals surface area contributed by atoms with Crippen LogP contribution in [0, 0.1) is 0 Å². The van der Waals surface area contributed by atoms with Gasteiger partial charge < -0.3 is 15.0 Å². The third-order valence-corrected chi connectivity index (χ3v) is 7.07. The van der Waals surface area contributed by atoms with Crippen LogP contribution in [0.2, 0.25) is 20.1 Å². The van der Waals surface area contributed by atoms with Crippen LogP contribution in [0.25, 0.3) is 0 Å². The molecule has 2 amide bonds. The van der Waals surface area contributed by atoms with Crippen LogP contribution >= 0.6 is 46.4 Å². The summed E-state index contributed by atoms with van der Waals surface area (Å²) < 4.78 is 5.75. The molecule has 0 heterocycles. The van der Waals surface area contributed by atoms with E-state index in [2.05, 4.69) is 5.32 Å². The number of ether oxygens (including phenoxy) is 1. The molecule has 0 bridgehead atoms. The van der Waals surface area contributed by atoms with Gasteiger partial charge in [0.25, 0.3) is 5.91 Å². The smallest absolute Gasteiger partial charge is 0.261 e. The van der Waals surface area contributed by atoms with E-state index in [0.29, 0.717) is 37.0 Å². The SMILES string of the molecule is O=C(NCc1ccc(Cl)cc1Cl)[C@H](c1ccccc1)N(Cc1ccc(Cl)cc1)C(=O)COc1ccccc1Cl. The number of amides is 2. The fourth-order valence-electron chi connectivity index (χ4n) is 3.95. The van der Waals surface area contributed by atoms with E-state index in [1.165, 1.54) is 4.90 Å². The third kappa shape index (κ3) is 7.90. The molecular weight excluding hydrogens is 578 g/mol. The summed E-state index contributed by atoms with van der Waals surface area (Å²) in [5.41, 5.74) is 2.12. The van der Waals surface area contributed by atoms with Crippen LogP contribution in [0.4, 0.5) is 0 Å². The van der Waals surface area contributed by atoms with Crippen LogP contribution in [0.5, 0.6) is 5.75 Å². The maximum atomic E-state index is 13.8. The first-order chi connectivity index (χ1) is 18.8. The highest BCUT2D eigenvalue weighted by Gasteiger charge is 2.32. The molecule has 0 aliphatic rings. The Balaban J connectivity index is 1.64. The molecule has 9 heteroatoms. The van der Waals surface area contributed by atoms with Crippen LogP contribution in [0.3, 0.4) is 0 Å². The first-order valence-electron chi connectivity index (χ1n) is 12.0. The maximum absolute atomic E-state index is 13.8. The molecule has 0 saturated heterocycles. The maximum Gasteiger partial charge on any atom is 0.261 e. The van der Waals surface area contributed by atoms with Gasteiger partial charge in [0.05, 0.1) is 5.02 Å². The Bertz CT molecular complexity index is 1430. The van der Waals surface area contributed by atoms with Crippen molar-refractivity contribution in [3.05, 3.63) is 134 Å². The standard InChI is InChI=1S/C30H24Cl4N2O3/c31-23-13-10-20(11-14-23)18-36(28(37)19-39-27-9-5-4-8-25(27)33)29(21-6-2-1-3-7-21)30(38)35-17-22-12-15-24(32)16-26(22)34/h1-16,29H,17-19H2,(H,35,38)/t29-/m0/s1. The number of benzene rings is 4. The summed E-state index contributed by atoms with van der Waals surface area (Å²) in [5, 5.41) is 4.80.